The van der Waals surface area contributed by atoms with E-state index in [0.29, 0.717) is 6.04 Å². The molecule has 0 aromatic heterocycles. The van der Waals surface area contributed by atoms with Crippen molar-refractivity contribution in [3.05, 3.63) is 34.9 Å². The highest BCUT2D eigenvalue weighted by Crippen LogP contribution is 2.34. The maximum atomic E-state index is 6.44. The SMILES string of the molecule is Cc1cccc(C)c1CC(N)C1CCCC1C. The van der Waals surface area contributed by atoms with E-state index in [0.717, 1.165) is 18.3 Å². The standard InChI is InChI=1S/C16H25N/c1-11-8-5-9-14(11)16(17)10-15-12(2)6-4-7-13(15)3/h4,6-7,11,14,16H,5,8-10,17H2,1-3H3. The highest BCUT2D eigenvalue weighted by atomic mass is 14.7. The van der Waals surface area contributed by atoms with Crippen LogP contribution in [0.2, 0.25) is 0 Å². The van der Waals surface area contributed by atoms with Crippen LogP contribution in [0.5, 0.6) is 0 Å². The Morgan fingerprint density at radius 2 is 1.88 bits per heavy atom. The molecule has 1 heteroatoms. The molecule has 2 N–H and O–H groups in total. The van der Waals surface area contributed by atoms with Crippen molar-refractivity contribution in [2.75, 3.05) is 0 Å². The van der Waals surface area contributed by atoms with Gasteiger partial charge in [-0.05, 0) is 55.2 Å². The molecule has 1 aromatic carbocycles. The van der Waals surface area contributed by atoms with E-state index in [4.69, 9.17) is 5.73 Å². The topological polar surface area (TPSA) is 26.0 Å². The lowest BCUT2D eigenvalue weighted by Crippen LogP contribution is -2.34. The Morgan fingerprint density at radius 1 is 1.24 bits per heavy atom. The number of hydrogen-bond acceptors (Lipinski definition) is 1. The zero-order valence-corrected chi connectivity index (χ0v) is 11.4. The highest BCUT2D eigenvalue weighted by molar-refractivity contribution is 5.34. The van der Waals surface area contributed by atoms with Gasteiger partial charge in [0.1, 0.15) is 0 Å². The molecule has 3 atom stereocenters. The molecule has 0 saturated heterocycles. The number of aryl methyl sites for hydroxylation is 2. The Hall–Kier alpha value is -0.820. The van der Waals surface area contributed by atoms with Gasteiger partial charge in [0.25, 0.3) is 0 Å². The molecular weight excluding hydrogens is 206 g/mol. The molecule has 2 rings (SSSR count). The van der Waals surface area contributed by atoms with Crippen LogP contribution in [0.4, 0.5) is 0 Å². The minimum Gasteiger partial charge on any atom is -0.327 e. The van der Waals surface area contributed by atoms with Crippen LogP contribution in [0.15, 0.2) is 18.2 Å². The van der Waals surface area contributed by atoms with Gasteiger partial charge in [0.05, 0.1) is 0 Å². The van der Waals surface area contributed by atoms with Gasteiger partial charge in [0, 0.05) is 6.04 Å². The van der Waals surface area contributed by atoms with E-state index in [2.05, 4.69) is 39.0 Å². The molecule has 1 nitrogen and oxygen atoms in total. The summed E-state index contributed by atoms with van der Waals surface area (Å²) in [5, 5.41) is 0. The summed E-state index contributed by atoms with van der Waals surface area (Å²) >= 11 is 0. The van der Waals surface area contributed by atoms with Crippen molar-refractivity contribution in [3.63, 3.8) is 0 Å². The first-order valence-electron chi connectivity index (χ1n) is 6.90. The number of nitrogens with two attached hydrogens (primary N) is 1. The summed E-state index contributed by atoms with van der Waals surface area (Å²) in [7, 11) is 0. The predicted octanol–water partition coefficient (Wildman–Crippen LogP) is 3.61. The molecule has 1 fully saturated rings. The van der Waals surface area contributed by atoms with Gasteiger partial charge >= 0.3 is 0 Å². The Labute approximate surface area is 105 Å². The lowest BCUT2D eigenvalue weighted by atomic mass is 9.85. The quantitative estimate of drug-likeness (QED) is 0.845. The van der Waals surface area contributed by atoms with Gasteiger partial charge in [-0.15, -0.1) is 0 Å². The molecule has 0 radical (unpaired) electrons. The Balaban J connectivity index is 2.10. The Kier molecular flexibility index (Phi) is 3.88. The van der Waals surface area contributed by atoms with E-state index < -0.39 is 0 Å². The summed E-state index contributed by atoms with van der Waals surface area (Å²) in [4.78, 5) is 0. The second-order valence-corrected chi connectivity index (χ2v) is 5.81. The van der Waals surface area contributed by atoms with Crippen LogP contribution in [0.1, 0.15) is 42.9 Å². The van der Waals surface area contributed by atoms with Crippen molar-refractivity contribution in [2.45, 2.75) is 52.5 Å². The molecule has 94 valence electrons. The van der Waals surface area contributed by atoms with Crippen molar-refractivity contribution in [1.29, 1.82) is 0 Å². The summed E-state index contributed by atoms with van der Waals surface area (Å²) in [6.07, 6.45) is 5.11. The van der Waals surface area contributed by atoms with E-state index in [1.165, 1.54) is 36.0 Å². The molecule has 1 saturated carbocycles. The monoisotopic (exact) mass is 231 g/mol. The fourth-order valence-electron chi connectivity index (χ4n) is 3.37. The molecule has 3 unspecified atom stereocenters. The number of hydrogen-bond donors (Lipinski definition) is 1. The van der Waals surface area contributed by atoms with Gasteiger partial charge in [0.15, 0.2) is 0 Å². The molecule has 0 aliphatic heterocycles. The zero-order valence-electron chi connectivity index (χ0n) is 11.4. The average molecular weight is 231 g/mol. The van der Waals surface area contributed by atoms with E-state index in [1.54, 1.807) is 0 Å². The second kappa shape index (κ2) is 5.22. The fourth-order valence-corrected chi connectivity index (χ4v) is 3.37. The molecular formula is C16H25N. The second-order valence-electron chi connectivity index (χ2n) is 5.81. The van der Waals surface area contributed by atoms with Crippen LogP contribution in [0, 0.1) is 25.7 Å². The predicted molar refractivity (Wildman–Crippen MR) is 74.1 cm³/mol. The van der Waals surface area contributed by atoms with Crippen LogP contribution < -0.4 is 5.73 Å². The third-order valence-electron chi connectivity index (χ3n) is 4.56. The van der Waals surface area contributed by atoms with Crippen LogP contribution >= 0.6 is 0 Å². The Morgan fingerprint density at radius 3 is 2.41 bits per heavy atom. The van der Waals surface area contributed by atoms with Crippen LogP contribution in [0.3, 0.4) is 0 Å². The Bertz CT molecular complexity index is 363. The largest absolute Gasteiger partial charge is 0.327 e. The van der Waals surface area contributed by atoms with Crippen LogP contribution in [-0.4, -0.2) is 6.04 Å². The molecule has 0 amide bonds. The normalized spacial score (nSPS) is 26.1. The van der Waals surface area contributed by atoms with E-state index in [9.17, 15) is 0 Å². The van der Waals surface area contributed by atoms with E-state index in [-0.39, 0.29) is 0 Å². The van der Waals surface area contributed by atoms with Gasteiger partial charge in [0.2, 0.25) is 0 Å². The maximum Gasteiger partial charge on any atom is 0.0110 e. The van der Waals surface area contributed by atoms with Crippen molar-refractivity contribution < 1.29 is 0 Å². The van der Waals surface area contributed by atoms with E-state index in [1.807, 2.05) is 0 Å². The molecule has 17 heavy (non-hydrogen) atoms. The smallest absolute Gasteiger partial charge is 0.0110 e. The average Bonchev–Trinajstić information content (AvgIpc) is 2.70. The number of benzene rings is 1. The van der Waals surface area contributed by atoms with Crippen LogP contribution in [-0.2, 0) is 6.42 Å². The zero-order chi connectivity index (χ0) is 12.4. The summed E-state index contributed by atoms with van der Waals surface area (Å²) in [6, 6.07) is 6.88. The highest BCUT2D eigenvalue weighted by Gasteiger charge is 2.29. The molecule has 1 aliphatic carbocycles. The molecule has 0 spiro atoms. The molecule has 1 aliphatic rings. The third kappa shape index (κ3) is 2.71. The van der Waals surface area contributed by atoms with Crippen molar-refractivity contribution in [2.24, 2.45) is 17.6 Å². The van der Waals surface area contributed by atoms with E-state index >= 15 is 0 Å². The molecule has 0 heterocycles. The van der Waals surface area contributed by atoms with Crippen molar-refractivity contribution in [3.8, 4) is 0 Å². The summed E-state index contributed by atoms with van der Waals surface area (Å²) < 4.78 is 0. The van der Waals surface area contributed by atoms with Crippen molar-refractivity contribution in [1.82, 2.24) is 0 Å². The minimum absolute atomic E-state index is 0.340. The number of rotatable bonds is 3. The minimum atomic E-state index is 0.340. The lowest BCUT2D eigenvalue weighted by molar-refractivity contribution is 0.343. The van der Waals surface area contributed by atoms with Gasteiger partial charge < -0.3 is 5.73 Å². The maximum absolute atomic E-state index is 6.44. The van der Waals surface area contributed by atoms with Gasteiger partial charge in [-0.2, -0.15) is 0 Å². The first-order chi connectivity index (χ1) is 8.09. The molecule has 1 aromatic rings. The lowest BCUT2D eigenvalue weighted by Gasteiger charge is -2.24. The summed E-state index contributed by atoms with van der Waals surface area (Å²) in [5.41, 5.74) is 10.7. The van der Waals surface area contributed by atoms with Crippen LogP contribution in [0.25, 0.3) is 0 Å². The van der Waals surface area contributed by atoms with Gasteiger partial charge in [-0.3, -0.25) is 0 Å². The van der Waals surface area contributed by atoms with Gasteiger partial charge in [-0.1, -0.05) is 38.0 Å². The molecule has 0 bridgehead atoms. The first-order valence-corrected chi connectivity index (χ1v) is 6.90. The van der Waals surface area contributed by atoms with Crippen molar-refractivity contribution >= 4 is 0 Å². The summed E-state index contributed by atoms with van der Waals surface area (Å²) in [6.45, 7) is 6.77. The van der Waals surface area contributed by atoms with Gasteiger partial charge in [-0.25, -0.2) is 0 Å². The summed E-state index contributed by atoms with van der Waals surface area (Å²) in [5.74, 6) is 1.54. The third-order valence-corrected chi connectivity index (χ3v) is 4.56. The fraction of sp³-hybridized carbons (Fsp3) is 0.625. The first kappa shape index (κ1) is 12.6.